The summed E-state index contributed by atoms with van der Waals surface area (Å²) in [5.41, 5.74) is 0. The Morgan fingerprint density at radius 2 is 0.727 bits per heavy atom. The van der Waals surface area contributed by atoms with E-state index in [2.05, 4.69) is 0 Å². The lowest BCUT2D eigenvalue weighted by molar-refractivity contribution is 0.456. The molecule has 0 saturated carbocycles. The van der Waals surface area contributed by atoms with E-state index in [0.29, 0.717) is 14.7 Å². The molecule has 4 heteroatoms. The Hall–Kier alpha value is -2.59. The number of hydrogen-bond acceptors (Lipinski definition) is 3. The van der Waals surface area contributed by atoms with Crippen LogP contribution in [0.5, 0.6) is 17.2 Å². The van der Waals surface area contributed by atoms with Crippen molar-refractivity contribution in [1.82, 2.24) is 0 Å². The molecule has 3 rings (SSSR count). The van der Waals surface area contributed by atoms with Crippen molar-refractivity contribution < 1.29 is 15.3 Å². The smallest absolute Gasteiger partial charge is 0.208 e. The van der Waals surface area contributed by atoms with Gasteiger partial charge in [0.2, 0.25) is 14.7 Å². The van der Waals surface area contributed by atoms with Gasteiger partial charge in [-0.15, -0.1) is 0 Å². The van der Waals surface area contributed by atoms with Gasteiger partial charge in [-0.3, -0.25) is 0 Å². The predicted molar refractivity (Wildman–Crippen MR) is 86.5 cm³/mol. The quantitative estimate of drug-likeness (QED) is 0.643. The monoisotopic (exact) mass is 311 g/mol. The van der Waals surface area contributed by atoms with E-state index >= 15 is 0 Å². The topological polar surface area (TPSA) is 60.7 Å². The highest BCUT2D eigenvalue weighted by Gasteiger charge is 2.36. The van der Waals surface area contributed by atoms with Crippen molar-refractivity contribution in [3.05, 3.63) is 72.8 Å². The number of hydrogen-bond donors (Lipinski definition) is 3. The minimum atomic E-state index is -0.799. The van der Waals surface area contributed by atoms with Gasteiger partial charge in [0.05, 0.1) is 0 Å². The fourth-order valence-corrected chi connectivity index (χ4v) is 4.43. The van der Waals surface area contributed by atoms with E-state index in [1.165, 1.54) is 0 Å². The van der Waals surface area contributed by atoms with Crippen molar-refractivity contribution in [2.24, 2.45) is 0 Å². The average Bonchev–Trinajstić information content (AvgIpc) is 2.53. The van der Waals surface area contributed by atoms with Crippen LogP contribution in [0.15, 0.2) is 87.5 Å². The van der Waals surface area contributed by atoms with E-state index in [0.717, 1.165) is 0 Å². The zero-order valence-corrected chi connectivity index (χ0v) is 12.5. The average molecular weight is 311 g/mol. The van der Waals surface area contributed by atoms with Crippen LogP contribution in [-0.4, -0.2) is 15.3 Å². The van der Waals surface area contributed by atoms with Crippen LogP contribution in [0.2, 0.25) is 0 Å². The number of benzene rings is 3. The van der Waals surface area contributed by atoms with Gasteiger partial charge in [0.1, 0.15) is 10.9 Å². The molecular formula is C18H15O3S+. The normalized spacial score (nSPS) is 10.8. The van der Waals surface area contributed by atoms with Gasteiger partial charge >= 0.3 is 0 Å². The fourth-order valence-electron chi connectivity index (χ4n) is 2.24. The molecule has 0 unspecified atom stereocenters. The highest BCUT2D eigenvalue weighted by molar-refractivity contribution is 7.97. The van der Waals surface area contributed by atoms with Gasteiger partial charge < -0.3 is 15.3 Å². The number of phenols is 3. The first-order valence-electron chi connectivity index (χ1n) is 6.77. The zero-order chi connectivity index (χ0) is 15.5. The molecule has 22 heavy (non-hydrogen) atoms. The lowest BCUT2D eigenvalue weighted by atomic mass is 10.3. The molecule has 0 fully saturated rings. The van der Waals surface area contributed by atoms with E-state index < -0.39 is 10.9 Å². The van der Waals surface area contributed by atoms with Crippen LogP contribution in [0.4, 0.5) is 0 Å². The molecule has 0 radical (unpaired) electrons. The van der Waals surface area contributed by atoms with Crippen molar-refractivity contribution in [2.45, 2.75) is 14.7 Å². The standard InChI is InChI=1S/C18H14O3S/c19-13-7-1-4-10-16(13)22(17-11-5-2-8-14(17)20)18-12-6-3-9-15(18)21/h1-12H,(H2-,19,20,21)/p+1. The van der Waals surface area contributed by atoms with Crippen molar-refractivity contribution in [1.29, 1.82) is 0 Å². The van der Waals surface area contributed by atoms with Crippen LogP contribution in [-0.2, 0) is 10.9 Å². The Labute approximate surface area is 131 Å². The first-order valence-corrected chi connectivity index (χ1v) is 7.99. The van der Waals surface area contributed by atoms with Crippen LogP contribution in [0, 0.1) is 0 Å². The minimum Gasteiger partial charge on any atom is -0.503 e. The molecule has 3 N–H and O–H groups in total. The third-order valence-corrected chi connectivity index (χ3v) is 5.61. The molecule has 3 nitrogen and oxygen atoms in total. The summed E-state index contributed by atoms with van der Waals surface area (Å²) in [5, 5.41) is 30.7. The number of para-hydroxylation sites is 3. The molecule has 0 aromatic heterocycles. The van der Waals surface area contributed by atoms with Crippen LogP contribution in [0.1, 0.15) is 0 Å². The van der Waals surface area contributed by atoms with Crippen molar-refractivity contribution in [3.8, 4) is 17.2 Å². The highest BCUT2D eigenvalue weighted by Crippen LogP contribution is 2.42. The van der Waals surface area contributed by atoms with Gasteiger partial charge in [-0.25, -0.2) is 0 Å². The van der Waals surface area contributed by atoms with Crippen LogP contribution in [0.25, 0.3) is 0 Å². The summed E-state index contributed by atoms with van der Waals surface area (Å²) < 4.78 is 0. The summed E-state index contributed by atoms with van der Waals surface area (Å²) in [7, 11) is -0.799. The Bertz CT molecular complexity index is 693. The molecule has 0 atom stereocenters. The number of aromatic hydroxyl groups is 3. The summed E-state index contributed by atoms with van der Waals surface area (Å²) in [6, 6.07) is 21.0. The van der Waals surface area contributed by atoms with E-state index in [4.69, 9.17) is 0 Å². The molecule has 0 aliphatic carbocycles. The molecule has 3 aromatic rings. The molecule has 0 aliphatic rings. The van der Waals surface area contributed by atoms with E-state index in [-0.39, 0.29) is 17.2 Å². The molecule has 0 amide bonds. The lowest BCUT2D eigenvalue weighted by Crippen LogP contribution is -2.05. The van der Waals surface area contributed by atoms with E-state index in [9.17, 15) is 15.3 Å². The second-order valence-electron chi connectivity index (χ2n) is 4.71. The van der Waals surface area contributed by atoms with Gasteiger partial charge in [-0.2, -0.15) is 0 Å². The molecule has 0 aliphatic heterocycles. The zero-order valence-electron chi connectivity index (χ0n) is 11.7. The number of rotatable bonds is 3. The third-order valence-electron chi connectivity index (χ3n) is 3.26. The first-order chi connectivity index (χ1) is 10.7. The van der Waals surface area contributed by atoms with Gasteiger partial charge in [0, 0.05) is 0 Å². The second kappa shape index (κ2) is 6.03. The van der Waals surface area contributed by atoms with Crippen LogP contribution >= 0.6 is 0 Å². The molecule has 0 spiro atoms. The third kappa shape index (κ3) is 2.61. The van der Waals surface area contributed by atoms with E-state index in [1.807, 2.05) is 18.2 Å². The maximum atomic E-state index is 10.2. The van der Waals surface area contributed by atoms with E-state index in [1.54, 1.807) is 54.6 Å². The molecular weight excluding hydrogens is 296 g/mol. The van der Waals surface area contributed by atoms with Gasteiger partial charge in [-0.1, -0.05) is 36.4 Å². The summed E-state index contributed by atoms with van der Waals surface area (Å²) in [6.07, 6.45) is 0. The summed E-state index contributed by atoms with van der Waals surface area (Å²) >= 11 is 0. The number of phenolic OH excluding ortho intramolecular Hbond substituents is 3. The molecule has 0 saturated heterocycles. The van der Waals surface area contributed by atoms with Crippen LogP contribution in [0.3, 0.4) is 0 Å². The first kappa shape index (κ1) is 14.4. The highest BCUT2D eigenvalue weighted by atomic mass is 32.2. The van der Waals surface area contributed by atoms with Gasteiger partial charge in [-0.05, 0) is 36.4 Å². The maximum Gasteiger partial charge on any atom is 0.208 e. The Morgan fingerprint density at radius 1 is 0.455 bits per heavy atom. The van der Waals surface area contributed by atoms with Crippen LogP contribution < -0.4 is 0 Å². The minimum absolute atomic E-state index is 0.136. The van der Waals surface area contributed by atoms with Gasteiger partial charge in [0.15, 0.2) is 17.2 Å². The Morgan fingerprint density at radius 3 is 1.00 bits per heavy atom. The molecule has 110 valence electrons. The van der Waals surface area contributed by atoms with Gasteiger partial charge in [0.25, 0.3) is 0 Å². The second-order valence-corrected chi connectivity index (χ2v) is 6.64. The molecule has 0 heterocycles. The van der Waals surface area contributed by atoms with Crippen molar-refractivity contribution in [2.75, 3.05) is 0 Å². The maximum absolute atomic E-state index is 10.2. The summed E-state index contributed by atoms with van der Waals surface area (Å²) in [4.78, 5) is 1.97. The Kier molecular flexibility index (Phi) is 3.94. The SMILES string of the molecule is Oc1ccccc1[S+](c1ccccc1O)c1ccccc1O. The fraction of sp³-hybridized carbons (Fsp3) is 0. The predicted octanol–water partition coefficient (Wildman–Crippen LogP) is 3.90. The largest absolute Gasteiger partial charge is 0.503 e. The van der Waals surface area contributed by atoms with Crippen molar-refractivity contribution >= 4 is 10.9 Å². The molecule has 0 bridgehead atoms. The lowest BCUT2D eigenvalue weighted by Gasteiger charge is -2.11. The Balaban J connectivity index is 2.27. The summed E-state index contributed by atoms with van der Waals surface area (Å²) in [6.45, 7) is 0. The summed E-state index contributed by atoms with van der Waals surface area (Å²) in [5.74, 6) is 0.409. The molecule has 3 aromatic carbocycles. The van der Waals surface area contributed by atoms with Crippen molar-refractivity contribution in [3.63, 3.8) is 0 Å².